The van der Waals surface area contributed by atoms with Gasteiger partial charge in [-0.3, -0.25) is 24.1 Å². The zero-order valence-corrected chi connectivity index (χ0v) is 17.0. The fourth-order valence-electron chi connectivity index (χ4n) is 3.70. The molecule has 0 radical (unpaired) electrons. The van der Waals surface area contributed by atoms with E-state index in [1.165, 1.54) is 0 Å². The number of benzene rings is 1. The summed E-state index contributed by atoms with van der Waals surface area (Å²) in [5, 5.41) is 2.69. The normalized spacial score (nSPS) is 20.1. The number of amides is 3. The van der Waals surface area contributed by atoms with Gasteiger partial charge in [0.1, 0.15) is 5.75 Å². The number of hydrogen-bond acceptors (Lipinski definition) is 6. The third-order valence-electron chi connectivity index (χ3n) is 5.40. The zero-order valence-electron chi connectivity index (χ0n) is 17.0. The minimum absolute atomic E-state index is 0.0113. The molecule has 1 aliphatic heterocycles. The number of likely N-dealkylation sites (tertiary alicyclic amines) is 1. The second kappa shape index (κ2) is 10.0. The Morgan fingerprint density at radius 3 is 2.30 bits per heavy atom. The van der Waals surface area contributed by atoms with E-state index in [-0.39, 0.29) is 36.6 Å². The summed E-state index contributed by atoms with van der Waals surface area (Å²) in [7, 11) is 1.60. The number of esters is 1. The highest BCUT2D eigenvalue weighted by Crippen LogP contribution is 2.34. The molecular formula is C22H26N2O6. The van der Waals surface area contributed by atoms with E-state index < -0.39 is 18.5 Å². The number of nitrogens with zero attached hydrogens (tertiary/aromatic N) is 1. The first kappa shape index (κ1) is 21.5. The highest BCUT2D eigenvalue weighted by atomic mass is 16.5. The van der Waals surface area contributed by atoms with Gasteiger partial charge in [-0.25, -0.2) is 0 Å². The molecule has 0 aromatic heterocycles. The molecule has 1 aliphatic carbocycles. The highest BCUT2D eigenvalue weighted by molar-refractivity contribution is 6.05. The van der Waals surface area contributed by atoms with Crippen LogP contribution in [-0.2, 0) is 30.3 Å². The van der Waals surface area contributed by atoms with Gasteiger partial charge < -0.3 is 14.8 Å². The molecule has 3 amide bonds. The fourth-order valence-corrected chi connectivity index (χ4v) is 3.70. The maximum absolute atomic E-state index is 12.3. The van der Waals surface area contributed by atoms with Crippen LogP contribution in [0.25, 0.3) is 0 Å². The lowest BCUT2D eigenvalue weighted by atomic mass is 9.85. The van der Waals surface area contributed by atoms with Crippen molar-refractivity contribution in [2.45, 2.75) is 25.7 Å². The van der Waals surface area contributed by atoms with Crippen LogP contribution in [0.4, 0.5) is 0 Å². The van der Waals surface area contributed by atoms with Gasteiger partial charge in [0.15, 0.2) is 6.61 Å². The molecule has 160 valence electrons. The molecule has 2 atom stereocenters. The maximum Gasteiger partial charge on any atom is 0.308 e. The van der Waals surface area contributed by atoms with Gasteiger partial charge in [0.25, 0.3) is 5.91 Å². The number of carbonyl (C=O) groups is 4. The van der Waals surface area contributed by atoms with E-state index >= 15 is 0 Å². The minimum Gasteiger partial charge on any atom is -0.497 e. The number of imide groups is 1. The second-order valence-corrected chi connectivity index (χ2v) is 7.34. The molecule has 1 saturated heterocycles. The van der Waals surface area contributed by atoms with Gasteiger partial charge in [-0.05, 0) is 37.0 Å². The highest BCUT2D eigenvalue weighted by Gasteiger charge is 2.46. The summed E-state index contributed by atoms with van der Waals surface area (Å²) in [6.45, 7) is 0.0113. The van der Waals surface area contributed by atoms with Crippen LogP contribution >= 0.6 is 0 Å². The van der Waals surface area contributed by atoms with Crippen molar-refractivity contribution < 1.29 is 28.7 Å². The number of methoxy groups -OCH3 is 1. The first-order chi connectivity index (χ1) is 14.5. The van der Waals surface area contributed by atoms with Crippen molar-refractivity contribution in [3.63, 3.8) is 0 Å². The van der Waals surface area contributed by atoms with Crippen molar-refractivity contribution in [1.82, 2.24) is 10.2 Å². The smallest absolute Gasteiger partial charge is 0.308 e. The Balaban J connectivity index is 1.33. The van der Waals surface area contributed by atoms with Gasteiger partial charge in [-0.15, -0.1) is 0 Å². The van der Waals surface area contributed by atoms with Gasteiger partial charge in [-0.1, -0.05) is 24.3 Å². The van der Waals surface area contributed by atoms with E-state index in [0.29, 0.717) is 25.8 Å². The van der Waals surface area contributed by atoms with Gasteiger partial charge in [0.2, 0.25) is 11.8 Å². The predicted octanol–water partition coefficient (Wildman–Crippen LogP) is 1.24. The van der Waals surface area contributed by atoms with Gasteiger partial charge in [0, 0.05) is 13.1 Å². The van der Waals surface area contributed by atoms with Gasteiger partial charge in [0.05, 0.1) is 25.4 Å². The van der Waals surface area contributed by atoms with Crippen LogP contribution in [0.15, 0.2) is 36.4 Å². The van der Waals surface area contributed by atoms with E-state index in [4.69, 9.17) is 9.47 Å². The molecule has 0 saturated carbocycles. The molecule has 1 fully saturated rings. The number of rotatable bonds is 9. The van der Waals surface area contributed by atoms with Crippen molar-refractivity contribution in [3.8, 4) is 5.75 Å². The minimum atomic E-state index is -0.617. The Bertz CT molecular complexity index is 807. The van der Waals surface area contributed by atoms with Crippen LogP contribution in [0.3, 0.4) is 0 Å². The lowest BCUT2D eigenvalue weighted by molar-refractivity contribution is -0.149. The largest absolute Gasteiger partial charge is 0.497 e. The predicted molar refractivity (Wildman–Crippen MR) is 107 cm³/mol. The topological polar surface area (TPSA) is 102 Å². The number of hydrogen-bond donors (Lipinski definition) is 1. The average Bonchev–Trinajstić information content (AvgIpc) is 3.01. The van der Waals surface area contributed by atoms with E-state index in [2.05, 4.69) is 5.32 Å². The monoisotopic (exact) mass is 414 g/mol. The molecule has 3 rings (SSSR count). The summed E-state index contributed by atoms with van der Waals surface area (Å²) >= 11 is 0. The van der Waals surface area contributed by atoms with E-state index in [9.17, 15) is 19.2 Å². The molecule has 1 heterocycles. The lowest BCUT2D eigenvalue weighted by Gasteiger charge is -2.14. The third kappa shape index (κ3) is 5.25. The summed E-state index contributed by atoms with van der Waals surface area (Å²) in [5.41, 5.74) is 1.05. The molecule has 30 heavy (non-hydrogen) atoms. The van der Waals surface area contributed by atoms with Crippen LogP contribution in [0.2, 0.25) is 0 Å². The van der Waals surface area contributed by atoms with Crippen LogP contribution < -0.4 is 10.1 Å². The summed E-state index contributed by atoms with van der Waals surface area (Å²) in [5.74, 6) is -1.32. The Hall–Kier alpha value is -3.16. The van der Waals surface area contributed by atoms with Crippen LogP contribution in [0.5, 0.6) is 5.75 Å². The Morgan fingerprint density at radius 1 is 1.07 bits per heavy atom. The molecule has 0 bridgehead atoms. The van der Waals surface area contributed by atoms with E-state index in [1.807, 2.05) is 36.4 Å². The van der Waals surface area contributed by atoms with Crippen molar-refractivity contribution in [1.29, 1.82) is 0 Å². The van der Waals surface area contributed by atoms with Gasteiger partial charge in [-0.2, -0.15) is 0 Å². The Labute approximate surface area is 175 Å². The van der Waals surface area contributed by atoms with Gasteiger partial charge >= 0.3 is 5.97 Å². The van der Waals surface area contributed by atoms with Crippen molar-refractivity contribution in [2.75, 3.05) is 26.8 Å². The zero-order chi connectivity index (χ0) is 21.5. The van der Waals surface area contributed by atoms with Crippen molar-refractivity contribution in [3.05, 3.63) is 42.0 Å². The van der Waals surface area contributed by atoms with Crippen LogP contribution in [-0.4, -0.2) is 55.4 Å². The second-order valence-electron chi connectivity index (χ2n) is 7.34. The first-order valence-electron chi connectivity index (χ1n) is 10.0. The SMILES string of the molecule is COc1ccc(CCNC(=O)COC(=O)CCN2C(=O)[C@@H]3CC=CC[C@H]3C2=O)cc1. The summed E-state index contributed by atoms with van der Waals surface area (Å²) < 4.78 is 10.1. The average molecular weight is 414 g/mol. The van der Waals surface area contributed by atoms with E-state index in [1.54, 1.807) is 7.11 Å². The molecule has 0 spiro atoms. The molecule has 1 aromatic rings. The quantitative estimate of drug-likeness (QED) is 0.371. The molecule has 8 nitrogen and oxygen atoms in total. The Kier molecular flexibility index (Phi) is 7.21. The molecule has 0 unspecified atom stereocenters. The molecule has 8 heteroatoms. The molecule has 2 aliphatic rings. The summed E-state index contributed by atoms with van der Waals surface area (Å²) in [4.78, 5) is 49.6. The third-order valence-corrected chi connectivity index (χ3v) is 5.40. The Morgan fingerprint density at radius 2 is 1.70 bits per heavy atom. The van der Waals surface area contributed by atoms with Crippen LogP contribution in [0.1, 0.15) is 24.8 Å². The summed E-state index contributed by atoms with van der Waals surface area (Å²) in [6.07, 6.45) is 5.47. The van der Waals surface area contributed by atoms with E-state index in [0.717, 1.165) is 16.2 Å². The van der Waals surface area contributed by atoms with Crippen molar-refractivity contribution >= 4 is 23.7 Å². The standard InChI is InChI=1S/C22H26N2O6/c1-29-16-8-6-15(7-9-16)10-12-23-19(25)14-30-20(26)11-13-24-21(27)17-4-2-3-5-18(17)22(24)28/h2-3,6-9,17-18H,4-5,10-14H2,1H3,(H,23,25)/t17-,18-/m1/s1. The number of nitrogens with one attached hydrogen (secondary N) is 1. The fraction of sp³-hybridized carbons (Fsp3) is 0.455. The molecule has 1 aromatic carbocycles. The first-order valence-corrected chi connectivity index (χ1v) is 10.0. The maximum atomic E-state index is 12.3. The number of carbonyl (C=O) groups excluding carboxylic acids is 4. The lowest BCUT2D eigenvalue weighted by Crippen LogP contribution is -2.34. The van der Waals surface area contributed by atoms with Crippen molar-refractivity contribution in [2.24, 2.45) is 11.8 Å². The molecular weight excluding hydrogens is 388 g/mol. The van der Waals surface area contributed by atoms with Crippen LogP contribution in [0, 0.1) is 11.8 Å². The summed E-state index contributed by atoms with van der Waals surface area (Å²) in [6, 6.07) is 7.52. The number of ether oxygens (including phenoxy) is 2. The molecule has 1 N–H and O–H groups in total. The number of allylic oxidation sites excluding steroid dienone is 2. The number of fused-ring (bicyclic) bond motifs is 1.